The largest absolute Gasteiger partial charge is 0.348 e. The second-order valence-corrected chi connectivity index (χ2v) is 5.14. The number of hydrogen-bond donors (Lipinski definition) is 2. The van der Waals surface area contributed by atoms with Gasteiger partial charge in [-0.15, -0.1) is 0 Å². The first-order valence-electron chi connectivity index (χ1n) is 7.17. The maximum Gasteiger partial charge on any atom is 0.270 e. The lowest BCUT2D eigenvalue weighted by Gasteiger charge is -2.12. The van der Waals surface area contributed by atoms with Gasteiger partial charge in [0.1, 0.15) is 11.5 Å². The minimum atomic E-state index is -0.354. The molecule has 116 valence electrons. The van der Waals surface area contributed by atoms with E-state index in [-0.39, 0.29) is 29.4 Å². The SMILES string of the molecule is CCC(C)NC(=O)c1cc(C)nc(Nc2cccc(F)c2)n1. The van der Waals surface area contributed by atoms with E-state index in [1.807, 2.05) is 13.8 Å². The molecule has 2 N–H and O–H groups in total. The Morgan fingerprint density at radius 3 is 2.77 bits per heavy atom. The van der Waals surface area contributed by atoms with Crippen molar-refractivity contribution in [3.05, 3.63) is 47.5 Å². The molecule has 22 heavy (non-hydrogen) atoms. The second-order valence-electron chi connectivity index (χ2n) is 5.14. The molecule has 0 aliphatic rings. The van der Waals surface area contributed by atoms with Crippen molar-refractivity contribution in [2.75, 3.05) is 5.32 Å². The summed E-state index contributed by atoms with van der Waals surface area (Å²) >= 11 is 0. The van der Waals surface area contributed by atoms with Crippen molar-refractivity contribution in [2.45, 2.75) is 33.2 Å². The van der Waals surface area contributed by atoms with Gasteiger partial charge in [0.05, 0.1) is 0 Å². The molecule has 1 aromatic heterocycles. The number of nitrogens with zero attached hydrogens (tertiary/aromatic N) is 2. The Morgan fingerprint density at radius 2 is 2.09 bits per heavy atom. The number of nitrogens with one attached hydrogen (secondary N) is 2. The highest BCUT2D eigenvalue weighted by molar-refractivity contribution is 5.92. The minimum Gasteiger partial charge on any atom is -0.348 e. The number of carbonyl (C=O) groups excluding carboxylic acids is 1. The van der Waals surface area contributed by atoms with Crippen LogP contribution in [-0.2, 0) is 0 Å². The molecule has 0 radical (unpaired) electrons. The summed E-state index contributed by atoms with van der Waals surface area (Å²) in [7, 11) is 0. The van der Waals surface area contributed by atoms with E-state index in [0.29, 0.717) is 11.4 Å². The maximum atomic E-state index is 13.2. The van der Waals surface area contributed by atoms with E-state index in [9.17, 15) is 9.18 Å². The number of amides is 1. The number of aromatic nitrogens is 2. The van der Waals surface area contributed by atoms with Gasteiger partial charge in [0.25, 0.3) is 5.91 Å². The van der Waals surface area contributed by atoms with Gasteiger partial charge in [0.15, 0.2) is 0 Å². The summed E-state index contributed by atoms with van der Waals surface area (Å²) in [6, 6.07) is 7.67. The molecule has 1 atom stereocenters. The van der Waals surface area contributed by atoms with Gasteiger partial charge in [-0.1, -0.05) is 13.0 Å². The zero-order valence-electron chi connectivity index (χ0n) is 12.9. The summed E-state index contributed by atoms with van der Waals surface area (Å²) in [5, 5.41) is 5.76. The van der Waals surface area contributed by atoms with Gasteiger partial charge in [-0.2, -0.15) is 0 Å². The highest BCUT2D eigenvalue weighted by Crippen LogP contribution is 2.15. The molecule has 6 heteroatoms. The van der Waals surface area contributed by atoms with E-state index >= 15 is 0 Å². The Balaban J connectivity index is 2.21. The summed E-state index contributed by atoms with van der Waals surface area (Å²) in [5.41, 5.74) is 1.47. The van der Waals surface area contributed by atoms with Crippen LogP contribution in [0.25, 0.3) is 0 Å². The molecular weight excluding hydrogens is 283 g/mol. The van der Waals surface area contributed by atoms with Gasteiger partial charge in [-0.05, 0) is 44.5 Å². The van der Waals surface area contributed by atoms with Crippen molar-refractivity contribution < 1.29 is 9.18 Å². The Hall–Kier alpha value is -2.50. The van der Waals surface area contributed by atoms with Gasteiger partial charge in [0.2, 0.25) is 5.95 Å². The lowest BCUT2D eigenvalue weighted by atomic mass is 10.2. The number of anilines is 2. The van der Waals surface area contributed by atoms with Crippen molar-refractivity contribution in [3.8, 4) is 0 Å². The van der Waals surface area contributed by atoms with Crippen molar-refractivity contribution >= 4 is 17.5 Å². The number of halogens is 1. The Bertz CT molecular complexity index is 675. The third kappa shape index (κ3) is 4.25. The normalized spacial score (nSPS) is 11.8. The summed E-state index contributed by atoms with van der Waals surface area (Å²) in [6.45, 7) is 5.70. The van der Waals surface area contributed by atoms with E-state index in [1.165, 1.54) is 12.1 Å². The van der Waals surface area contributed by atoms with Crippen LogP contribution in [-0.4, -0.2) is 21.9 Å². The summed E-state index contributed by atoms with van der Waals surface area (Å²) < 4.78 is 13.2. The minimum absolute atomic E-state index is 0.0717. The van der Waals surface area contributed by atoms with Crippen LogP contribution < -0.4 is 10.6 Å². The van der Waals surface area contributed by atoms with Crippen molar-refractivity contribution in [1.82, 2.24) is 15.3 Å². The average molecular weight is 302 g/mol. The molecule has 1 aromatic carbocycles. The highest BCUT2D eigenvalue weighted by Gasteiger charge is 2.12. The van der Waals surface area contributed by atoms with E-state index in [0.717, 1.165) is 6.42 Å². The molecule has 1 heterocycles. The fourth-order valence-corrected chi connectivity index (χ4v) is 1.84. The molecule has 0 saturated heterocycles. The molecule has 0 spiro atoms. The van der Waals surface area contributed by atoms with Gasteiger partial charge in [0, 0.05) is 17.4 Å². The third-order valence-electron chi connectivity index (χ3n) is 3.16. The molecule has 5 nitrogen and oxygen atoms in total. The molecule has 2 aromatic rings. The van der Waals surface area contributed by atoms with E-state index in [2.05, 4.69) is 20.6 Å². The van der Waals surface area contributed by atoms with Crippen LogP contribution in [0.1, 0.15) is 36.5 Å². The molecule has 0 bridgehead atoms. The molecule has 0 saturated carbocycles. The Kier molecular flexibility index (Phi) is 5.04. The topological polar surface area (TPSA) is 66.9 Å². The van der Waals surface area contributed by atoms with Crippen LogP contribution in [0.2, 0.25) is 0 Å². The van der Waals surface area contributed by atoms with Crippen LogP contribution in [0, 0.1) is 12.7 Å². The number of benzene rings is 1. The number of rotatable bonds is 5. The van der Waals surface area contributed by atoms with Crippen LogP contribution in [0.5, 0.6) is 0 Å². The van der Waals surface area contributed by atoms with Gasteiger partial charge in [-0.3, -0.25) is 4.79 Å². The molecular formula is C16H19FN4O. The zero-order valence-corrected chi connectivity index (χ0v) is 12.9. The van der Waals surface area contributed by atoms with Crippen LogP contribution >= 0.6 is 0 Å². The molecule has 2 rings (SSSR count). The second kappa shape index (κ2) is 6.98. The van der Waals surface area contributed by atoms with E-state index in [4.69, 9.17) is 0 Å². The molecule has 1 unspecified atom stereocenters. The smallest absolute Gasteiger partial charge is 0.270 e. The number of aryl methyl sites for hydroxylation is 1. The third-order valence-corrected chi connectivity index (χ3v) is 3.16. The fraction of sp³-hybridized carbons (Fsp3) is 0.312. The quantitative estimate of drug-likeness (QED) is 0.890. The summed E-state index contributed by atoms with van der Waals surface area (Å²) in [6.07, 6.45) is 0.838. The maximum absolute atomic E-state index is 13.2. The molecule has 1 amide bonds. The first-order valence-corrected chi connectivity index (χ1v) is 7.17. The van der Waals surface area contributed by atoms with E-state index < -0.39 is 0 Å². The Labute approximate surface area is 129 Å². The van der Waals surface area contributed by atoms with Gasteiger partial charge in [-0.25, -0.2) is 14.4 Å². The lowest BCUT2D eigenvalue weighted by molar-refractivity contribution is 0.0934. The average Bonchev–Trinajstić information content (AvgIpc) is 2.46. The first-order chi connectivity index (χ1) is 10.5. The molecule has 0 aliphatic heterocycles. The van der Waals surface area contributed by atoms with Gasteiger partial charge >= 0.3 is 0 Å². The highest BCUT2D eigenvalue weighted by atomic mass is 19.1. The standard InChI is InChI=1S/C16H19FN4O/c1-4-10(2)18-15(22)14-8-11(3)19-16(21-14)20-13-7-5-6-12(17)9-13/h5-10H,4H2,1-3H3,(H,18,22)(H,19,20,21). The lowest BCUT2D eigenvalue weighted by Crippen LogP contribution is -2.32. The predicted octanol–water partition coefficient (Wildman–Crippen LogP) is 3.20. The first kappa shape index (κ1) is 15.9. The summed E-state index contributed by atoms with van der Waals surface area (Å²) in [4.78, 5) is 20.5. The van der Waals surface area contributed by atoms with Crippen molar-refractivity contribution in [2.24, 2.45) is 0 Å². The summed E-state index contributed by atoms with van der Waals surface area (Å²) in [5.74, 6) is -0.338. The zero-order chi connectivity index (χ0) is 16.1. The van der Waals surface area contributed by atoms with Crippen molar-refractivity contribution in [1.29, 1.82) is 0 Å². The van der Waals surface area contributed by atoms with Gasteiger partial charge < -0.3 is 10.6 Å². The number of hydrogen-bond acceptors (Lipinski definition) is 4. The Morgan fingerprint density at radius 1 is 1.32 bits per heavy atom. The molecule has 0 fully saturated rings. The van der Waals surface area contributed by atoms with Crippen molar-refractivity contribution in [3.63, 3.8) is 0 Å². The monoisotopic (exact) mass is 302 g/mol. The van der Waals surface area contributed by atoms with Crippen LogP contribution in [0.3, 0.4) is 0 Å². The fourth-order valence-electron chi connectivity index (χ4n) is 1.84. The number of carbonyl (C=O) groups is 1. The predicted molar refractivity (Wildman–Crippen MR) is 83.7 cm³/mol. The molecule has 0 aliphatic carbocycles. The van der Waals surface area contributed by atoms with E-state index in [1.54, 1.807) is 25.1 Å². The van der Waals surface area contributed by atoms with Crippen LogP contribution in [0.4, 0.5) is 16.0 Å². The van der Waals surface area contributed by atoms with Crippen LogP contribution in [0.15, 0.2) is 30.3 Å².